The van der Waals surface area contributed by atoms with Crippen molar-refractivity contribution in [2.75, 3.05) is 13.2 Å². The number of amides is 1. The van der Waals surface area contributed by atoms with E-state index >= 15 is 0 Å². The van der Waals surface area contributed by atoms with E-state index in [1.54, 1.807) is 6.92 Å². The summed E-state index contributed by atoms with van der Waals surface area (Å²) in [7, 11) is 0. The molecule has 1 aliphatic rings. The van der Waals surface area contributed by atoms with Gasteiger partial charge in [0.05, 0.1) is 18.7 Å². The molecule has 4 nitrogen and oxygen atoms in total. The molecule has 1 aliphatic heterocycles. The van der Waals surface area contributed by atoms with Gasteiger partial charge in [0.2, 0.25) is 5.91 Å². The Labute approximate surface area is 66.1 Å². The van der Waals surface area contributed by atoms with Crippen LogP contribution in [0.2, 0.25) is 0 Å². The Hall–Kier alpha value is -0.610. The van der Waals surface area contributed by atoms with Gasteiger partial charge >= 0.3 is 0 Å². The van der Waals surface area contributed by atoms with Gasteiger partial charge in [-0.1, -0.05) is 0 Å². The largest absolute Gasteiger partial charge is 0.379 e. The summed E-state index contributed by atoms with van der Waals surface area (Å²) in [5, 5.41) is 2.79. The van der Waals surface area contributed by atoms with Crippen LogP contribution in [-0.2, 0) is 9.53 Å². The Morgan fingerprint density at radius 3 is 3.00 bits per heavy atom. The lowest BCUT2D eigenvalue weighted by Crippen LogP contribution is -2.44. The molecule has 0 saturated carbocycles. The average molecular weight is 158 g/mol. The fourth-order valence-electron chi connectivity index (χ4n) is 0.981. The third-order valence-electron chi connectivity index (χ3n) is 1.69. The molecule has 1 heterocycles. The van der Waals surface area contributed by atoms with E-state index in [0.717, 1.165) is 13.0 Å². The van der Waals surface area contributed by atoms with Gasteiger partial charge in [0.15, 0.2) is 0 Å². The maximum atomic E-state index is 11.0. The Morgan fingerprint density at radius 2 is 2.55 bits per heavy atom. The van der Waals surface area contributed by atoms with Gasteiger partial charge in [0, 0.05) is 6.61 Å². The highest BCUT2D eigenvalue weighted by Gasteiger charge is 2.18. The Balaban J connectivity index is 2.24. The molecule has 3 N–H and O–H groups in total. The highest BCUT2D eigenvalue weighted by atomic mass is 16.5. The number of carbonyl (C=O) groups excluding carboxylic acids is 1. The van der Waals surface area contributed by atoms with Gasteiger partial charge in [-0.25, -0.2) is 0 Å². The highest BCUT2D eigenvalue weighted by molar-refractivity contribution is 5.81. The van der Waals surface area contributed by atoms with E-state index < -0.39 is 6.04 Å². The molecule has 0 aromatic carbocycles. The van der Waals surface area contributed by atoms with Gasteiger partial charge in [-0.3, -0.25) is 4.79 Å². The van der Waals surface area contributed by atoms with E-state index in [1.165, 1.54) is 0 Å². The van der Waals surface area contributed by atoms with Crippen molar-refractivity contribution in [2.45, 2.75) is 25.4 Å². The van der Waals surface area contributed by atoms with Crippen molar-refractivity contribution >= 4 is 5.91 Å². The molecular formula is C7H14N2O2. The van der Waals surface area contributed by atoms with Crippen LogP contribution >= 0.6 is 0 Å². The van der Waals surface area contributed by atoms with Crippen molar-refractivity contribution < 1.29 is 9.53 Å². The van der Waals surface area contributed by atoms with Crippen molar-refractivity contribution in [3.05, 3.63) is 0 Å². The number of hydrogen-bond donors (Lipinski definition) is 2. The quantitative estimate of drug-likeness (QED) is 0.555. The summed E-state index contributed by atoms with van der Waals surface area (Å²) < 4.78 is 5.08. The predicted octanol–water partition coefficient (Wildman–Crippen LogP) is -0.761. The number of nitrogens with one attached hydrogen (secondary N) is 1. The first kappa shape index (κ1) is 8.49. The summed E-state index contributed by atoms with van der Waals surface area (Å²) in [4.78, 5) is 11.0. The molecule has 2 unspecified atom stereocenters. The molecular weight excluding hydrogens is 144 g/mol. The first-order valence-electron chi connectivity index (χ1n) is 3.84. The normalized spacial score (nSPS) is 26.5. The molecule has 0 spiro atoms. The van der Waals surface area contributed by atoms with Crippen LogP contribution < -0.4 is 11.1 Å². The smallest absolute Gasteiger partial charge is 0.236 e. The van der Waals surface area contributed by atoms with Gasteiger partial charge in [-0.15, -0.1) is 0 Å². The molecule has 1 saturated heterocycles. The Morgan fingerprint density at radius 1 is 1.82 bits per heavy atom. The number of nitrogens with two attached hydrogens (primary N) is 1. The first-order valence-corrected chi connectivity index (χ1v) is 3.84. The van der Waals surface area contributed by atoms with E-state index in [0.29, 0.717) is 6.61 Å². The van der Waals surface area contributed by atoms with E-state index in [2.05, 4.69) is 5.32 Å². The Bertz CT molecular complexity index is 141. The van der Waals surface area contributed by atoms with E-state index in [4.69, 9.17) is 10.5 Å². The summed E-state index contributed by atoms with van der Waals surface area (Å²) >= 11 is 0. The molecule has 1 amide bonds. The van der Waals surface area contributed by atoms with Crippen LogP contribution in [0.4, 0.5) is 0 Å². The standard InChI is InChI=1S/C7H14N2O2/c1-5(8)7(10)9-6-2-3-11-4-6/h5-6H,2-4,8H2,1H3,(H,9,10). The third kappa shape index (κ3) is 2.48. The molecule has 2 atom stereocenters. The second-order valence-corrected chi connectivity index (χ2v) is 2.86. The first-order chi connectivity index (χ1) is 5.20. The van der Waals surface area contributed by atoms with Crippen LogP contribution in [0.3, 0.4) is 0 Å². The third-order valence-corrected chi connectivity index (χ3v) is 1.69. The van der Waals surface area contributed by atoms with Crippen LogP contribution in [0.5, 0.6) is 0 Å². The zero-order valence-electron chi connectivity index (χ0n) is 6.67. The zero-order chi connectivity index (χ0) is 8.27. The molecule has 0 aromatic heterocycles. The fourth-order valence-corrected chi connectivity index (χ4v) is 0.981. The number of carbonyl (C=O) groups is 1. The lowest BCUT2D eigenvalue weighted by molar-refractivity contribution is -0.122. The summed E-state index contributed by atoms with van der Waals surface area (Å²) in [6.45, 7) is 3.04. The SMILES string of the molecule is CC(N)C(=O)NC1CCOC1. The minimum atomic E-state index is -0.421. The summed E-state index contributed by atoms with van der Waals surface area (Å²) in [5.74, 6) is -0.0968. The summed E-state index contributed by atoms with van der Waals surface area (Å²) in [5.41, 5.74) is 5.36. The maximum Gasteiger partial charge on any atom is 0.236 e. The van der Waals surface area contributed by atoms with E-state index in [-0.39, 0.29) is 11.9 Å². The van der Waals surface area contributed by atoms with Crippen molar-refractivity contribution in [1.29, 1.82) is 0 Å². The van der Waals surface area contributed by atoms with Crippen LogP contribution in [0.1, 0.15) is 13.3 Å². The van der Waals surface area contributed by atoms with Crippen molar-refractivity contribution in [3.63, 3.8) is 0 Å². The molecule has 4 heteroatoms. The predicted molar refractivity (Wildman–Crippen MR) is 41.0 cm³/mol. The topological polar surface area (TPSA) is 64.4 Å². The van der Waals surface area contributed by atoms with Gasteiger partial charge in [-0.2, -0.15) is 0 Å². The molecule has 0 bridgehead atoms. The number of hydrogen-bond acceptors (Lipinski definition) is 3. The monoisotopic (exact) mass is 158 g/mol. The molecule has 0 radical (unpaired) electrons. The zero-order valence-corrected chi connectivity index (χ0v) is 6.67. The molecule has 11 heavy (non-hydrogen) atoms. The molecule has 1 rings (SSSR count). The van der Waals surface area contributed by atoms with E-state index in [9.17, 15) is 4.79 Å². The summed E-state index contributed by atoms with van der Waals surface area (Å²) in [6, 6.07) is -0.246. The summed E-state index contributed by atoms with van der Waals surface area (Å²) in [6.07, 6.45) is 0.901. The molecule has 64 valence electrons. The number of rotatable bonds is 2. The molecule has 0 aliphatic carbocycles. The van der Waals surface area contributed by atoms with Gasteiger partial charge in [-0.05, 0) is 13.3 Å². The maximum absolute atomic E-state index is 11.0. The van der Waals surface area contributed by atoms with Crippen LogP contribution in [0.15, 0.2) is 0 Å². The van der Waals surface area contributed by atoms with Gasteiger partial charge in [0.25, 0.3) is 0 Å². The van der Waals surface area contributed by atoms with Crippen molar-refractivity contribution in [2.24, 2.45) is 5.73 Å². The van der Waals surface area contributed by atoms with Crippen molar-refractivity contribution in [3.8, 4) is 0 Å². The minimum absolute atomic E-state index is 0.0968. The minimum Gasteiger partial charge on any atom is -0.379 e. The fraction of sp³-hybridized carbons (Fsp3) is 0.857. The average Bonchev–Trinajstić information content (AvgIpc) is 2.39. The highest BCUT2D eigenvalue weighted by Crippen LogP contribution is 2.02. The van der Waals surface area contributed by atoms with Gasteiger partial charge < -0.3 is 15.8 Å². The van der Waals surface area contributed by atoms with E-state index in [1.807, 2.05) is 0 Å². The second kappa shape index (κ2) is 3.69. The number of ether oxygens (including phenoxy) is 1. The van der Waals surface area contributed by atoms with Crippen LogP contribution in [0, 0.1) is 0 Å². The van der Waals surface area contributed by atoms with Crippen LogP contribution in [-0.4, -0.2) is 31.2 Å². The van der Waals surface area contributed by atoms with Gasteiger partial charge in [0.1, 0.15) is 0 Å². The lowest BCUT2D eigenvalue weighted by Gasteiger charge is -2.11. The Kier molecular flexibility index (Phi) is 2.84. The second-order valence-electron chi connectivity index (χ2n) is 2.86. The molecule has 1 fully saturated rings. The molecule has 0 aromatic rings. The van der Waals surface area contributed by atoms with Crippen molar-refractivity contribution in [1.82, 2.24) is 5.32 Å². The van der Waals surface area contributed by atoms with Crippen LogP contribution in [0.25, 0.3) is 0 Å². The lowest BCUT2D eigenvalue weighted by atomic mass is 10.2.